The maximum atomic E-state index is 12.9. The Balaban J connectivity index is 2.56. The van der Waals surface area contributed by atoms with E-state index in [1.54, 1.807) is 0 Å². The van der Waals surface area contributed by atoms with Crippen molar-refractivity contribution in [3.05, 3.63) is 28.5 Å². The van der Waals surface area contributed by atoms with E-state index in [0.29, 0.717) is 10.2 Å². The molecule has 0 unspecified atom stereocenters. The largest absolute Gasteiger partial charge is 0.482 e. The Morgan fingerprint density at radius 1 is 1.47 bits per heavy atom. The number of carbonyl (C=O) groups excluding carboxylic acids is 1. The summed E-state index contributed by atoms with van der Waals surface area (Å²) >= 11 is 3.22. The van der Waals surface area contributed by atoms with Crippen LogP contribution in [0.4, 0.5) is 4.39 Å². The molecule has 0 saturated heterocycles. The molecule has 0 saturated carbocycles. The van der Waals surface area contributed by atoms with E-state index >= 15 is 0 Å². The van der Waals surface area contributed by atoms with Gasteiger partial charge in [-0.3, -0.25) is 4.79 Å². The van der Waals surface area contributed by atoms with Gasteiger partial charge in [-0.05, 0) is 48.8 Å². The van der Waals surface area contributed by atoms with Gasteiger partial charge >= 0.3 is 0 Å². The molecule has 0 aromatic heterocycles. The van der Waals surface area contributed by atoms with Gasteiger partial charge in [-0.1, -0.05) is 0 Å². The van der Waals surface area contributed by atoms with E-state index in [1.165, 1.54) is 18.2 Å². The molecule has 94 valence electrons. The van der Waals surface area contributed by atoms with Gasteiger partial charge in [0.2, 0.25) is 0 Å². The van der Waals surface area contributed by atoms with E-state index in [0.717, 1.165) is 0 Å². The Morgan fingerprint density at radius 2 is 2.12 bits per heavy atom. The molecular formula is C12H15BrFNO2. The van der Waals surface area contributed by atoms with Crippen LogP contribution >= 0.6 is 15.9 Å². The van der Waals surface area contributed by atoms with E-state index < -0.39 is 5.82 Å². The second-order valence-electron chi connectivity index (χ2n) is 4.66. The van der Waals surface area contributed by atoms with Crippen LogP contribution in [-0.4, -0.2) is 18.1 Å². The van der Waals surface area contributed by atoms with E-state index in [9.17, 15) is 9.18 Å². The summed E-state index contributed by atoms with van der Waals surface area (Å²) in [6, 6.07) is 4.08. The summed E-state index contributed by atoms with van der Waals surface area (Å²) in [6.07, 6.45) is 0. The van der Waals surface area contributed by atoms with Gasteiger partial charge in [0.1, 0.15) is 11.6 Å². The molecule has 0 aliphatic rings. The first kappa shape index (κ1) is 14.0. The van der Waals surface area contributed by atoms with Crippen LogP contribution in [-0.2, 0) is 4.79 Å². The number of halogens is 2. The van der Waals surface area contributed by atoms with Gasteiger partial charge in [0, 0.05) is 11.6 Å². The third kappa shape index (κ3) is 5.17. The van der Waals surface area contributed by atoms with Crippen molar-refractivity contribution in [2.24, 2.45) is 0 Å². The quantitative estimate of drug-likeness (QED) is 0.932. The molecule has 1 amide bonds. The average Bonchev–Trinajstić information content (AvgIpc) is 2.17. The number of benzene rings is 1. The van der Waals surface area contributed by atoms with Gasteiger partial charge in [-0.15, -0.1) is 0 Å². The number of hydrogen-bond donors (Lipinski definition) is 1. The lowest BCUT2D eigenvalue weighted by Gasteiger charge is -2.20. The van der Waals surface area contributed by atoms with Crippen molar-refractivity contribution in [1.82, 2.24) is 5.32 Å². The lowest BCUT2D eigenvalue weighted by Crippen LogP contribution is -2.43. The predicted molar refractivity (Wildman–Crippen MR) is 67.5 cm³/mol. The summed E-state index contributed by atoms with van der Waals surface area (Å²) in [4.78, 5) is 11.5. The smallest absolute Gasteiger partial charge is 0.258 e. The zero-order chi connectivity index (χ0) is 13.1. The minimum Gasteiger partial charge on any atom is -0.482 e. The molecule has 1 aromatic rings. The number of amides is 1. The van der Waals surface area contributed by atoms with E-state index in [-0.39, 0.29) is 18.1 Å². The van der Waals surface area contributed by atoms with Crippen molar-refractivity contribution in [2.45, 2.75) is 26.3 Å². The molecule has 17 heavy (non-hydrogen) atoms. The minimum absolute atomic E-state index is 0.140. The van der Waals surface area contributed by atoms with E-state index in [2.05, 4.69) is 21.2 Å². The van der Waals surface area contributed by atoms with Crippen LogP contribution in [0.5, 0.6) is 5.75 Å². The van der Waals surface area contributed by atoms with Gasteiger partial charge < -0.3 is 10.1 Å². The summed E-state index contributed by atoms with van der Waals surface area (Å²) in [5.74, 6) is -0.331. The predicted octanol–water partition coefficient (Wildman–Crippen LogP) is 2.88. The van der Waals surface area contributed by atoms with Crippen LogP contribution in [0.15, 0.2) is 22.7 Å². The van der Waals surface area contributed by atoms with Crippen molar-refractivity contribution in [1.29, 1.82) is 0 Å². The van der Waals surface area contributed by atoms with Crippen LogP contribution in [0.25, 0.3) is 0 Å². The first-order valence-corrected chi connectivity index (χ1v) is 5.96. The van der Waals surface area contributed by atoms with Gasteiger partial charge in [-0.25, -0.2) is 4.39 Å². The van der Waals surface area contributed by atoms with Gasteiger partial charge in [0.15, 0.2) is 6.61 Å². The van der Waals surface area contributed by atoms with Gasteiger partial charge in [0.25, 0.3) is 5.91 Å². The maximum absolute atomic E-state index is 12.9. The Labute approximate surface area is 108 Å². The number of ether oxygens (including phenoxy) is 1. The Kier molecular flexibility index (Phi) is 4.51. The molecule has 0 radical (unpaired) electrons. The molecule has 5 heteroatoms. The SMILES string of the molecule is CC(C)(C)NC(=O)COc1cc(F)ccc1Br. The summed E-state index contributed by atoms with van der Waals surface area (Å²) in [7, 11) is 0. The monoisotopic (exact) mass is 303 g/mol. The lowest BCUT2D eigenvalue weighted by molar-refractivity contribution is -0.124. The third-order valence-electron chi connectivity index (χ3n) is 1.77. The normalized spacial score (nSPS) is 11.1. The average molecular weight is 304 g/mol. The summed E-state index contributed by atoms with van der Waals surface area (Å²) in [6.45, 7) is 5.49. The molecule has 0 spiro atoms. The van der Waals surface area contributed by atoms with E-state index in [4.69, 9.17) is 4.74 Å². The fraction of sp³-hybridized carbons (Fsp3) is 0.417. The highest BCUT2D eigenvalue weighted by Crippen LogP contribution is 2.25. The molecule has 3 nitrogen and oxygen atoms in total. The number of hydrogen-bond acceptors (Lipinski definition) is 2. The molecule has 0 fully saturated rings. The van der Waals surface area contributed by atoms with Crippen molar-refractivity contribution < 1.29 is 13.9 Å². The van der Waals surface area contributed by atoms with Crippen LogP contribution in [0.3, 0.4) is 0 Å². The summed E-state index contributed by atoms with van der Waals surface area (Å²) < 4.78 is 18.8. The van der Waals surface area contributed by atoms with Crippen molar-refractivity contribution in [2.75, 3.05) is 6.61 Å². The molecule has 0 atom stereocenters. The maximum Gasteiger partial charge on any atom is 0.258 e. The Bertz CT molecular complexity index is 415. The van der Waals surface area contributed by atoms with Gasteiger partial charge in [-0.2, -0.15) is 0 Å². The fourth-order valence-corrected chi connectivity index (χ4v) is 1.55. The summed E-state index contributed by atoms with van der Waals surface area (Å²) in [5, 5.41) is 2.75. The number of carbonyl (C=O) groups is 1. The standard InChI is InChI=1S/C12H15BrFNO2/c1-12(2,3)15-11(16)7-17-10-6-8(14)4-5-9(10)13/h4-6H,7H2,1-3H3,(H,15,16). The molecule has 0 aliphatic heterocycles. The Morgan fingerprint density at radius 3 is 2.71 bits per heavy atom. The van der Waals surface area contributed by atoms with Crippen molar-refractivity contribution in [3.8, 4) is 5.75 Å². The highest BCUT2D eigenvalue weighted by atomic mass is 79.9. The van der Waals surface area contributed by atoms with Crippen LogP contribution in [0.2, 0.25) is 0 Å². The van der Waals surface area contributed by atoms with Crippen LogP contribution < -0.4 is 10.1 Å². The first-order chi connectivity index (χ1) is 7.78. The van der Waals surface area contributed by atoms with E-state index in [1.807, 2.05) is 20.8 Å². The highest BCUT2D eigenvalue weighted by molar-refractivity contribution is 9.10. The molecule has 1 N–H and O–H groups in total. The van der Waals surface area contributed by atoms with Crippen LogP contribution in [0, 0.1) is 5.82 Å². The van der Waals surface area contributed by atoms with Crippen LogP contribution in [0.1, 0.15) is 20.8 Å². The zero-order valence-corrected chi connectivity index (χ0v) is 11.6. The molecule has 0 bridgehead atoms. The molecule has 0 heterocycles. The Hall–Kier alpha value is -1.10. The lowest BCUT2D eigenvalue weighted by atomic mass is 10.1. The molecular weight excluding hydrogens is 289 g/mol. The second-order valence-corrected chi connectivity index (χ2v) is 5.52. The second kappa shape index (κ2) is 5.49. The number of rotatable bonds is 3. The van der Waals surface area contributed by atoms with Gasteiger partial charge in [0.05, 0.1) is 4.47 Å². The first-order valence-electron chi connectivity index (χ1n) is 5.17. The molecule has 1 aromatic carbocycles. The molecule has 0 aliphatic carbocycles. The number of nitrogens with one attached hydrogen (secondary N) is 1. The minimum atomic E-state index is -0.403. The highest BCUT2D eigenvalue weighted by Gasteiger charge is 2.14. The summed E-state index contributed by atoms with van der Waals surface area (Å²) in [5.41, 5.74) is -0.306. The molecule has 1 rings (SSSR count). The fourth-order valence-electron chi connectivity index (χ4n) is 1.19. The van der Waals surface area contributed by atoms with Crippen molar-refractivity contribution >= 4 is 21.8 Å². The van der Waals surface area contributed by atoms with Crippen molar-refractivity contribution in [3.63, 3.8) is 0 Å². The zero-order valence-electron chi connectivity index (χ0n) is 10.0. The topological polar surface area (TPSA) is 38.3 Å². The third-order valence-corrected chi connectivity index (χ3v) is 2.42.